The van der Waals surface area contributed by atoms with Crippen molar-refractivity contribution < 1.29 is 14.2 Å². The van der Waals surface area contributed by atoms with Crippen LogP contribution in [0.15, 0.2) is 54.6 Å². The molecule has 1 aromatic heterocycles. The molecule has 0 bridgehead atoms. The quantitative estimate of drug-likeness (QED) is 0.484. The summed E-state index contributed by atoms with van der Waals surface area (Å²) >= 11 is 5.52. The van der Waals surface area contributed by atoms with E-state index in [0.717, 1.165) is 54.6 Å². The molecule has 3 heterocycles. The summed E-state index contributed by atoms with van der Waals surface area (Å²) in [5, 5.41) is 6.75. The van der Waals surface area contributed by atoms with Crippen LogP contribution in [0.1, 0.15) is 31.2 Å². The molecule has 0 spiro atoms. The number of benzene rings is 2. The van der Waals surface area contributed by atoms with Crippen LogP contribution in [0.5, 0.6) is 23.1 Å². The Morgan fingerprint density at radius 1 is 0.941 bits per heavy atom. The molecule has 0 radical (unpaired) electrons. The van der Waals surface area contributed by atoms with Crippen molar-refractivity contribution >= 4 is 29.1 Å². The lowest BCUT2D eigenvalue weighted by atomic mass is 10.2. The summed E-state index contributed by atoms with van der Waals surface area (Å²) < 4.78 is 16.8. The van der Waals surface area contributed by atoms with E-state index in [9.17, 15) is 0 Å². The predicted octanol–water partition coefficient (Wildman–Crippen LogP) is 4.86. The van der Waals surface area contributed by atoms with E-state index >= 15 is 0 Å². The fourth-order valence-electron chi connectivity index (χ4n) is 3.97. The molecule has 34 heavy (non-hydrogen) atoms. The van der Waals surface area contributed by atoms with E-state index in [-0.39, 0.29) is 6.79 Å². The molecule has 0 unspecified atom stereocenters. The number of nitrogens with one attached hydrogen (secondary N) is 2. The van der Waals surface area contributed by atoms with Gasteiger partial charge < -0.3 is 29.7 Å². The second-order valence-electron chi connectivity index (χ2n) is 8.20. The number of fused-ring (bicyclic) bond motifs is 1. The van der Waals surface area contributed by atoms with Gasteiger partial charge in [-0.1, -0.05) is 37.1 Å². The van der Waals surface area contributed by atoms with Crippen LogP contribution in [0, 0.1) is 0 Å². The lowest BCUT2D eigenvalue weighted by Gasteiger charge is -2.22. The second-order valence-corrected chi connectivity index (χ2v) is 8.61. The normalized spacial score (nSPS) is 14.9. The van der Waals surface area contributed by atoms with Crippen molar-refractivity contribution in [2.45, 2.75) is 32.2 Å². The molecule has 0 saturated carbocycles. The zero-order valence-electron chi connectivity index (χ0n) is 18.8. The molecular formula is C25H27N5O3S. The molecule has 1 saturated heterocycles. The van der Waals surface area contributed by atoms with Gasteiger partial charge in [0.15, 0.2) is 16.6 Å². The van der Waals surface area contributed by atoms with Crippen molar-refractivity contribution in [3.63, 3.8) is 0 Å². The number of rotatable bonds is 6. The van der Waals surface area contributed by atoms with E-state index in [2.05, 4.69) is 20.5 Å². The third kappa shape index (κ3) is 5.66. The van der Waals surface area contributed by atoms with Crippen molar-refractivity contribution in [2.75, 3.05) is 30.1 Å². The average Bonchev–Trinajstić information content (AvgIpc) is 3.14. The van der Waals surface area contributed by atoms with Crippen LogP contribution < -0.4 is 29.7 Å². The van der Waals surface area contributed by atoms with Gasteiger partial charge in [-0.05, 0) is 54.9 Å². The molecule has 5 rings (SSSR count). The minimum atomic E-state index is 0.254. The molecule has 2 aliphatic rings. The number of nitrogens with zero attached hydrogens (tertiary/aromatic N) is 3. The minimum absolute atomic E-state index is 0.254. The molecule has 2 aliphatic heterocycles. The SMILES string of the molecule is S=C(NCc1ccc2c(c1)OCO2)Nc1nc(Oc2ccccc2)cc(N2CCCCCC2)n1. The van der Waals surface area contributed by atoms with E-state index in [1.165, 1.54) is 12.8 Å². The monoisotopic (exact) mass is 477 g/mol. The van der Waals surface area contributed by atoms with Crippen LogP contribution in [0.2, 0.25) is 0 Å². The second kappa shape index (κ2) is 10.6. The topological polar surface area (TPSA) is 80.8 Å². The first kappa shape index (κ1) is 22.2. The van der Waals surface area contributed by atoms with E-state index in [4.69, 9.17) is 31.4 Å². The van der Waals surface area contributed by atoms with Crippen LogP contribution in [0.4, 0.5) is 11.8 Å². The summed E-state index contributed by atoms with van der Waals surface area (Å²) in [5.74, 6) is 3.93. The van der Waals surface area contributed by atoms with Crippen molar-refractivity contribution in [3.8, 4) is 23.1 Å². The molecule has 2 N–H and O–H groups in total. The highest BCUT2D eigenvalue weighted by Gasteiger charge is 2.16. The van der Waals surface area contributed by atoms with E-state index in [1.54, 1.807) is 0 Å². The first-order chi connectivity index (χ1) is 16.7. The van der Waals surface area contributed by atoms with Crippen LogP contribution in [-0.2, 0) is 6.54 Å². The first-order valence-electron chi connectivity index (χ1n) is 11.5. The third-order valence-corrected chi connectivity index (χ3v) is 5.95. The van der Waals surface area contributed by atoms with E-state index in [0.29, 0.717) is 23.5 Å². The lowest BCUT2D eigenvalue weighted by molar-refractivity contribution is 0.174. The van der Waals surface area contributed by atoms with Gasteiger partial charge in [-0.15, -0.1) is 0 Å². The van der Waals surface area contributed by atoms with Crippen LogP contribution in [0.25, 0.3) is 0 Å². The van der Waals surface area contributed by atoms with Gasteiger partial charge in [0.2, 0.25) is 18.6 Å². The van der Waals surface area contributed by atoms with Gasteiger partial charge in [-0.2, -0.15) is 9.97 Å². The molecule has 8 nitrogen and oxygen atoms in total. The van der Waals surface area contributed by atoms with Crippen molar-refractivity contribution in [1.82, 2.24) is 15.3 Å². The van der Waals surface area contributed by atoms with Crippen molar-refractivity contribution in [2.24, 2.45) is 0 Å². The number of hydrogen-bond donors (Lipinski definition) is 2. The van der Waals surface area contributed by atoms with Crippen LogP contribution >= 0.6 is 12.2 Å². The van der Waals surface area contributed by atoms with Crippen LogP contribution in [-0.4, -0.2) is 35.0 Å². The number of hydrogen-bond acceptors (Lipinski definition) is 7. The van der Waals surface area contributed by atoms with Gasteiger partial charge in [-0.3, -0.25) is 0 Å². The Bertz CT molecular complexity index is 1140. The van der Waals surface area contributed by atoms with Crippen LogP contribution in [0.3, 0.4) is 0 Å². The van der Waals surface area contributed by atoms with E-state index in [1.807, 2.05) is 54.6 Å². The Kier molecular flexibility index (Phi) is 6.90. The minimum Gasteiger partial charge on any atom is -0.454 e. The maximum Gasteiger partial charge on any atom is 0.234 e. The fraction of sp³-hybridized carbons (Fsp3) is 0.320. The maximum atomic E-state index is 6.03. The van der Waals surface area contributed by atoms with Gasteiger partial charge >= 0.3 is 0 Å². The van der Waals surface area contributed by atoms with Crippen molar-refractivity contribution in [1.29, 1.82) is 0 Å². The number of thiocarbonyl (C=S) groups is 1. The molecule has 3 aromatic rings. The molecule has 9 heteroatoms. The third-order valence-electron chi connectivity index (χ3n) is 5.70. The van der Waals surface area contributed by atoms with Gasteiger partial charge in [-0.25, -0.2) is 0 Å². The summed E-state index contributed by atoms with van der Waals surface area (Å²) in [6.45, 7) is 2.72. The molecule has 176 valence electrons. The summed E-state index contributed by atoms with van der Waals surface area (Å²) in [6, 6.07) is 17.3. The molecule has 2 aromatic carbocycles. The summed E-state index contributed by atoms with van der Waals surface area (Å²) in [7, 11) is 0. The number of aromatic nitrogens is 2. The van der Waals surface area contributed by atoms with Gasteiger partial charge in [0, 0.05) is 25.7 Å². The smallest absolute Gasteiger partial charge is 0.234 e. The Morgan fingerprint density at radius 2 is 1.74 bits per heavy atom. The number of ether oxygens (including phenoxy) is 3. The standard InChI is InChI=1S/C25H27N5O3S/c34-25(26-16-18-10-11-20-21(14-18)32-17-31-20)29-24-27-22(30-12-6-1-2-7-13-30)15-23(28-24)33-19-8-4-3-5-9-19/h3-5,8-11,14-15H,1-2,6-7,12-13,16-17H2,(H2,26,27,28,29,34). The fourth-order valence-corrected chi connectivity index (χ4v) is 4.13. The largest absolute Gasteiger partial charge is 0.454 e. The van der Waals surface area contributed by atoms with Gasteiger partial charge in [0.25, 0.3) is 0 Å². The Hall–Kier alpha value is -3.59. The average molecular weight is 478 g/mol. The first-order valence-corrected chi connectivity index (χ1v) is 11.9. The Labute approximate surface area is 204 Å². The predicted molar refractivity (Wildman–Crippen MR) is 135 cm³/mol. The Morgan fingerprint density at radius 3 is 2.56 bits per heavy atom. The molecule has 0 aliphatic carbocycles. The molecule has 0 atom stereocenters. The number of anilines is 2. The van der Waals surface area contributed by atoms with Gasteiger partial charge in [0.05, 0.1) is 0 Å². The lowest BCUT2D eigenvalue weighted by Crippen LogP contribution is -2.30. The highest BCUT2D eigenvalue weighted by molar-refractivity contribution is 7.80. The molecular weight excluding hydrogens is 450 g/mol. The van der Waals surface area contributed by atoms with Gasteiger partial charge in [0.1, 0.15) is 11.6 Å². The maximum absolute atomic E-state index is 6.03. The highest BCUT2D eigenvalue weighted by Crippen LogP contribution is 2.32. The zero-order valence-corrected chi connectivity index (χ0v) is 19.6. The Balaban J connectivity index is 1.30. The summed E-state index contributed by atoms with van der Waals surface area (Å²) in [6.07, 6.45) is 4.79. The molecule has 0 amide bonds. The zero-order chi connectivity index (χ0) is 23.2. The summed E-state index contributed by atoms with van der Waals surface area (Å²) in [5.41, 5.74) is 1.03. The number of para-hydroxylation sites is 1. The highest BCUT2D eigenvalue weighted by atomic mass is 32.1. The van der Waals surface area contributed by atoms with Crippen molar-refractivity contribution in [3.05, 3.63) is 60.2 Å². The molecule has 1 fully saturated rings. The van der Waals surface area contributed by atoms with E-state index < -0.39 is 0 Å². The summed E-state index contributed by atoms with van der Waals surface area (Å²) in [4.78, 5) is 11.6.